The Labute approximate surface area is 184 Å². The molecule has 0 bridgehead atoms. The van der Waals surface area contributed by atoms with Crippen LogP contribution in [0.15, 0.2) is 60.9 Å². The highest BCUT2D eigenvalue weighted by atomic mass is 16.5. The summed E-state index contributed by atoms with van der Waals surface area (Å²) >= 11 is 0. The van der Waals surface area contributed by atoms with Crippen LogP contribution >= 0.6 is 0 Å². The maximum Gasteiger partial charge on any atom is 0.224 e. The van der Waals surface area contributed by atoms with Crippen molar-refractivity contribution in [3.05, 3.63) is 72.2 Å². The Morgan fingerprint density at radius 3 is 2.88 bits per heavy atom. The Morgan fingerprint density at radius 1 is 1.06 bits per heavy atom. The number of ether oxygens (including phenoxy) is 1. The van der Waals surface area contributed by atoms with Gasteiger partial charge in [0.15, 0.2) is 0 Å². The number of hydrogen-bond acceptors (Lipinski definition) is 6. The lowest BCUT2D eigenvalue weighted by molar-refractivity contribution is 0.278. The molecular formula is C24H24N6O2. The molecule has 3 aromatic heterocycles. The van der Waals surface area contributed by atoms with Crippen molar-refractivity contribution in [2.45, 2.75) is 13.0 Å². The Morgan fingerprint density at radius 2 is 2.00 bits per heavy atom. The molecule has 0 atom stereocenters. The Kier molecular flexibility index (Phi) is 5.35. The third kappa shape index (κ3) is 4.08. The summed E-state index contributed by atoms with van der Waals surface area (Å²) in [6, 6.07) is 15.8. The second kappa shape index (κ2) is 8.60. The third-order valence-electron chi connectivity index (χ3n) is 5.43. The molecule has 5 rings (SSSR count). The summed E-state index contributed by atoms with van der Waals surface area (Å²) in [6.45, 7) is 0.701. The first-order valence-electron chi connectivity index (χ1n) is 10.4. The number of methoxy groups -OCH3 is 1. The largest absolute Gasteiger partial charge is 0.497 e. The van der Waals surface area contributed by atoms with Crippen LogP contribution in [0.3, 0.4) is 0 Å². The van der Waals surface area contributed by atoms with Crippen LogP contribution in [0.5, 0.6) is 5.75 Å². The number of hydrogen-bond donors (Lipinski definition) is 5. The number of aromatic amines is 2. The minimum absolute atomic E-state index is 0.00881. The van der Waals surface area contributed by atoms with Gasteiger partial charge in [-0.05, 0) is 54.4 Å². The number of anilines is 3. The van der Waals surface area contributed by atoms with Gasteiger partial charge in [0, 0.05) is 58.2 Å². The minimum Gasteiger partial charge on any atom is -0.497 e. The van der Waals surface area contributed by atoms with Crippen LogP contribution in [0.25, 0.3) is 21.8 Å². The lowest BCUT2D eigenvalue weighted by atomic mass is 10.1. The summed E-state index contributed by atoms with van der Waals surface area (Å²) in [7, 11) is 1.67. The molecule has 0 fully saturated rings. The molecule has 5 aromatic rings. The Hall–Kier alpha value is -4.04. The molecule has 2 aromatic carbocycles. The van der Waals surface area contributed by atoms with Gasteiger partial charge in [-0.15, -0.1) is 0 Å². The lowest BCUT2D eigenvalue weighted by Gasteiger charge is -2.08. The summed E-state index contributed by atoms with van der Waals surface area (Å²) < 4.78 is 5.29. The second-order valence-corrected chi connectivity index (χ2v) is 7.55. The van der Waals surface area contributed by atoms with Gasteiger partial charge in [0.05, 0.1) is 13.7 Å². The number of aliphatic hydroxyl groups excluding tert-OH is 1. The summed E-state index contributed by atoms with van der Waals surface area (Å²) in [5.74, 6) is 2.12. The van der Waals surface area contributed by atoms with E-state index in [1.54, 1.807) is 13.3 Å². The molecule has 3 heterocycles. The number of nitrogens with one attached hydrogen (secondary N) is 4. The standard InChI is InChI=1S/C24H24N6O2/c1-32-19-3-4-20-15(13-27-22(20)12-19)6-8-25-24-26-9-7-23(30-24)29-17-2-5-21-16(10-17)11-18(14-31)28-21/h2-5,7,9-13,27-28,31H,6,8,14H2,1H3,(H2,25,26,29,30). The van der Waals surface area contributed by atoms with Gasteiger partial charge < -0.3 is 30.4 Å². The summed E-state index contributed by atoms with van der Waals surface area (Å²) in [4.78, 5) is 15.4. The molecule has 0 aliphatic carbocycles. The Balaban J connectivity index is 1.23. The maximum absolute atomic E-state index is 9.30. The van der Waals surface area contributed by atoms with Crippen LogP contribution in [-0.2, 0) is 13.0 Å². The van der Waals surface area contributed by atoms with Crippen molar-refractivity contribution in [2.75, 3.05) is 24.3 Å². The lowest BCUT2D eigenvalue weighted by Crippen LogP contribution is -2.08. The SMILES string of the molecule is COc1ccc2c(CCNc3nccc(Nc4ccc5[nH]c(CO)cc5c4)n3)c[nH]c2c1. The molecule has 162 valence electrons. The predicted octanol–water partition coefficient (Wildman–Crippen LogP) is 4.34. The van der Waals surface area contributed by atoms with Crippen molar-refractivity contribution >= 4 is 39.3 Å². The first-order chi connectivity index (χ1) is 15.7. The summed E-state index contributed by atoms with van der Waals surface area (Å²) in [6.07, 6.45) is 4.60. The number of benzene rings is 2. The fourth-order valence-corrected chi connectivity index (χ4v) is 3.83. The fraction of sp³-hybridized carbons (Fsp3) is 0.167. The number of rotatable bonds is 8. The van der Waals surface area contributed by atoms with E-state index in [1.807, 2.05) is 48.7 Å². The zero-order chi connectivity index (χ0) is 21.9. The molecule has 0 unspecified atom stereocenters. The van der Waals surface area contributed by atoms with Crippen molar-refractivity contribution in [1.82, 2.24) is 19.9 Å². The van der Waals surface area contributed by atoms with Gasteiger partial charge in [0.25, 0.3) is 0 Å². The van der Waals surface area contributed by atoms with Gasteiger partial charge in [-0.3, -0.25) is 0 Å². The molecule has 0 radical (unpaired) electrons. The summed E-state index contributed by atoms with van der Waals surface area (Å²) in [5.41, 5.74) is 4.99. The normalized spacial score (nSPS) is 11.2. The highest BCUT2D eigenvalue weighted by Gasteiger charge is 2.07. The van der Waals surface area contributed by atoms with E-state index in [0.717, 1.165) is 40.0 Å². The number of fused-ring (bicyclic) bond motifs is 2. The topological polar surface area (TPSA) is 111 Å². The first-order valence-corrected chi connectivity index (χ1v) is 10.4. The first kappa shape index (κ1) is 19.9. The highest BCUT2D eigenvalue weighted by Crippen LogP contribution is 2.24. The van der Waals surface area contributed by atoms with E-state index in [0.29, 0.717) is 18.3 Å². The summed E-state index contributed by atoms with van der Waals surface area (Å²) in [5, 5.41) is 18.1. The fourth-order valence-electron chi connectivity index (χ4n) is 3.83. The molecule has 0 saturated carbocycles. The van der Waals surface area contributed by atoms with E-state index in [9.17, 15) is 5.11 Å². The van der Waals surface area contributed by atoms with Crippen LogP contribution in [0.2, 0.25) is 0 Å². The van der Waals surface area contributed by atoms with Gasteiger partial charge >= 0.3 is 0 Å². The van der Waals surface area contributed by atoms with Crippen LogP contribution in [-0.4, -0.2) is 38.7 Å². The zero-order valence-corrected chi connectivity index (χ0v) is 17.6. The van der Waals surface area contributed by atoms with E-state index in [2.05, 4.69) is 36.6 Å². The van der Waals surface area contributed by atoms with E-state index in [4.69, 9.17) is 4.74 Å². The zero-order valence-electron chi connectivity index (χ0n) is 17.6. The van der Waals surface area contributed by atoms with E-state index in [-0.39, 0.29) is 6.61 Å². The smallest absolute Gasteiger partial charge is 0.224 e. The number of nitrogens with zero attached hydrogens (tertiary/aromatic N) is 2. The van der Waals surface area contributed by atoms with Gasteiger partial charge in [0.2, 0.25) is 5.95 Å². The van der Waals surface area contributed by atoms with Crippen LogP contribution in [0.1, 0.15) is 11.3 Å². The molecule has 8 heteroatoms. The van der Waals surface area contributed by atoms with Crippen LogP contribution in [0, 0.1) is 0 Å². The van der Waals surface area contributed by atoms with Crippen molar-refractivity contribution < 1.29 is 9.84 Å². The molecule has 0 aliphatic rings. The monoisotopic (exact) mass is 428 g/mol. The van der Waals surface area contributed by atoms with Crippen molar-refractivity contribution in [1.29, 1.82) is 0 Å². The van der Waals surface area contributed by atoms with Crippen molar-refractivity contribution in [3.8, 4) is 5.75 Å². The van der Waals surface area contributed by atoms with E-state index in [1.165, 1.54) is 10.9 Å². The molecule has 0 saturated heterocycles. The average Bonchev–Trinajstić information content (AvgIpc) is 3.42. The molecular weight excluding hydrogens is 404 g/mol. The van der Waals surface area contributed by atoms with E-state index >= 15 is 0 Å². The number of H-pyrrole nitrogens is 2. The highest BCUT2D eigenvalue weighted by molar-refractivity contribution is 5.85. The van der Waals surface area contributed by atoms with Crippen LogP contribution in [0.4, 0.5) is 17.5 Å². The average molecular weight is 428 g/mol. The molecule has 8 nitrogen and oxygen atoms in total. The predicted molar refractivity (Wildman–Crippen MR) is 127 cm³/mol. The quantitative estimate of drug-likeness (QED) is 0.251. The molecule has 0 aliphatic heterocycles. The van der Waals surface area contributed by atoms with Crippen LogP contribution < -0.4 is 15.4 Å². The van der Waals surface area contributed by atoms with Gasteiger partial charge in [-0.2, -0.15) is 4.98 Å². The molecule has 0 amide bonds. The second-order valence-electron chi connectivity index (χ2n) is 7.55. The number of aliphatic hydroxyl groups is 1. The molecule has 32 heavy (non-hydrogen) atoms. The van der Waals surface area contributed by atoms with Gasteiger partial charge in [-0.1, -0.05) is 0 Å². The number of aromatic nitrogens is 4. The van der Waals surface area contributed by atoms with Crippen molar-refractivity contribution in [3.63, 3.8) is 0 Å². The molecule has 0 spiro atoms. The van der Waals surface area contributed by atoms with Crippen molar-refractivity contribution in [2.24, 2.45) is 0 Å². The maximum atomic E-state index is 9.30. The minimum atomic E-state index is -0.00881. The molecule has 5 N–H and O–H groups in total. The Bertz CT molecular complexity index is 1370. The van der Waals surface area contributed by atoms with Gasteiger partial charge in [0.1, 0.15) is 11.6 Å². The third-order valence-corrected chi connectivity index (χ3v) is 5.43. The van der Waals surface area contributed by atoms with E-state index < -0.39 is 0 Å². The van der Waals surface area contributed by atoms with Gasteiger partial charge in [-0.25, -0.2) is 4.98 Å².